The van der Waals surface area contributed by atoms with E-state index in [1.165, 1.54) is 16.7 Å². The highest BCUT2D eigenvalue weighted by Crippen LogP contribution is 2.30. The van der Waals surface area contributed by atoms with E-state index in [1.807, 2.05) is 26.0 Å². The normalized spacial score (nSPS) is 16.7. The van der Waals surface area contributed by atoms with Gasteiger partial charge in [-0.05, 0) is 30.9 Å². The lowest BCUT2D eigenvalue weighted by atomic mass is 9.87. The molecule has 0 aromatic rings. The Labute approximate surface area is 119 Å². The van der Waals surface area contributed by atoms with Gasteiger partial charge in [-0.1, -0.05) is 82.0 Å². The van der Waals surface area contributed by atoms with Crippen molar-refractivity contribution < 1.29 is 0 Å². The minimum absolute atomic E-state index is 0.320. The molecule has 104 valence electrons. The summed E-state index contributed by atoms with van der Waals surface area (Å²) in [6.45, 7) is 20.3. The van der Waals surface area contributed by atoms with Crippen molar-refractivity contribution in [3.8, 4) is 0 Å². The van der Waals surface area contributed by atoms with Crippen LogP contribution in [0, 0.1) is 5.92 Å². The lowest BCUT2D eigenvalue weighted by molar-refractivity contribution is 0.811. The van der Waals surface area contributed by atoms with Crippen LogP contribution in [0.1, 0.15) is 40.5 Å². The monoisotopic (exact) mass is 256 g/mol. The fraction of sp³-hybridized carbons (Fsp3) is 0.368. The summed E-state index contributed by atoms with van der Waals surface area (Å²) in [6, 6.07) is 0. The summed E-state index contributed by atoms with van der Waals surface area (Å²) in [5.41, 5.74) is 5.06. The second-order valence-corrected chi connectivity index (χ2v) is 4.63. The average molecular weight is 256 g/mol. The van der Waals surface area contributed by atoms with Crippen LogP contribution in [0.2, 0.25) is 0 Å². The Bertz CT molecular complexity index is 413. The maximum absolute atomic E-state index is 4.19. The first kappa shape index (κ1) is 17.4. The highest BCUT2D eigenvalue weighted by Gasteiger charge is 2.14. The van der Waals surface area contributed by atoms with Gasteiger partial charge in [0.2, 0.25) is 0 Å². The molecule has 0 saturated heterocycles. The highest BCUT2D eigenvalue weighted by molar-refractivity contribution is 5.42. The third-order valence-electron chi connectivity index (χ3n) is 3.25. The molecule has 1 rings (SSSR count). The van der Waals surface area contributed by atoms with E-state index in [0.29, 0.717) is 5.92 Å². The van der Waals surface area contributed by atoms with Gasteiger partial charge in [0.1, 0.15) is 0 Å². The Morgan fingerprint density at radius 1 is 1.26 bits per heavy atom. The number of rotatable bonds is 4. The first-order valence-electron chi connectivity index (χ1n) is 7.09. The summed E-state index contributed by atoms with van der Waals surface area (Å²) in [5.74, 6) is 0.320. The van der Waals surface area contributed by atoms with E-state index >= 15 is 0 Å². The van der Waals surface area contributed by atoms with E-state index in [-0.39, 0.29) is 0 Å². The molecule has 1 aliphatic rings. The molecular formula is C19H28. The minimum Gasteiger partial charge on any atom is -0.0991 e. The van der Waals surface area contributed by atoms with E-state index in [4.69, 9.17) is 0 Å². The van der Waals surface area contributed by atoms with Crippen molar-refractivity contribution >= 4 is 0 Å². The Morgan fingerprint density at radius 3 is 2.47 bits per heavy atom. The number of allylic oxidation sites excluding steroid dienone is 9. The van der Waals surface area contributed by atoms with Gasteiger partial charge in [-0.3, -0.25) is 0 Å². The topological polar surface area (TPSA) is 0 Å². The molecule has 0 heteroatoms. The molecule has 0 fully saturated rings. The zero-order valence-electron chi connectivity index (χ0n) is 13.0. The van der Waals surface area contributed by atoms with E-state index < -0.39 is 0 Å². The maximum atomic E-state index is 4.19. The average Bonchev–Trinajstić information content (AvgIpc) is 2.60. The first-order valence-corrected chi connectivity index (χ1v) is 7.09. The van der Waals surface area contributed by atoms with Crippen LogP contribution in [0.5, 0.6) is 0 Å². The van der Waals surface area contributed by atoms with Crippen molar-refractivity contribution in [2.24, 2.45) is 5.92 Å². The zero-order valence-corrected chi connectivity index (χ0v) is 13.0. The van der Waals surface area contributed by atoms with Crippen molar-refractivity contribution in [3.63, 3.8) is 0 Å². The summed E-state index contributed by atoms with van der Waals surface area (Å²) in [7, 11) is 0. The van der Waals surface area contributed by atoms with E-state index in [0.717, 1.165) is 18.4 Å². The molecule has 0 aromatic heterocycles. The third-order valence-corrected chi connectivity index (χ3v) is 3.25. The van der Waals surface area contributed by atoms with Gasteiger partial charge in [-0.2, -0.15) is 0 Å². The molecule has 19 heavy (non-hydrogen) atoms. The fourth-order valence-corrected chi connectivity index (χ4v) is 1.91. The molecule has 0 heterocycles. The van der Waals surface area contributed by atoms with Gasteiger partial charge in [0, 0.05) is 5.92 Å². The quantitative estimate of drug-likeness (QED) is 0.528. The standard InChI is InChI=1S/C17H22.C2H6/c1-6-7-8-14(3)16(5)17-12-10-13(2)9-11-15(17)4;1-2/h6-8,10,12,16H,1,3-4,9,11H2,2,5H3;1-2H3/b8-7-;. The lowest BCUT2D eigenvalue weighted by Gasteiger charge is -2.17. The van der Waals surface area contributed by atoms with Gasteiger partial charge in [-0.15, -0.1) is 0 Å². The molecular weight excluding hydrogens is 228 g/mol. The van der Waals surface area contributed by atoms with Crippen LogP contribution >= 0.6 is 0 Å². The van der Waals surface area contributed by atoms with Crippen LogP contribution in [0.3, 0.4) is 0 Å². The van der Waals surface area contributed by atoms with Crippen LogP contribution in [0.15, 0.2) is 72.4 Å². The lowest BCUT2D eigenvalue weighted by Crippen LogP contribution is -2.03. The second kappa shape index (κ2) is 9.38. The summed E-state index contributed by atoms with van der Waals surface area (Å²) >= 11 is 0. The molecule has 0 aliphatic heterocycles. The summed E-state index contributed by atoms with van der Waals surface area (Å²) in [4.78, 5) is 0. The van der Waals surface area contributed by atoms with E-state index in [9.17, 15) is 0 Å². The molecule has 0 radical (unpaired) electrons. The minimum atomic E-state index is 0.320. The molecule has 1 atom stereocenters. The van der Waals surface area contributed by atoms with Crippen molar-refractivity contribution in [3.05, 3.63) is 72.4 Å². The van der Waals surface area contributed by atoms with Gasteiger partial charge in [0.25, 0.3) is 0 Å². The Hall–Kier alpha value is -1.56. The number of hydrogen-bond donors (Lipinski definition) is 0. The van der Waals surface area contributed by atoms with Crippen molar-refractivity contribution in [1.29, 1.82) is 0 Å². The van der Waals surface area contributed by atoms with Crippen LogP contribution in [0.25, 0.3) is 0 Å². The molecule has 1 unspecified atom stereocenters. The van der Waals surface area contributed by atoms with Crippen LogP contribution in [0.4, 0.5) is 0 Å². The molecule has 1 aliphatic carbocycles. The van der Waals surface area contributed by atoms with Gasteiger partial charge in [0.05, 0.1) is 0 Å². The molecule has 0 saturated carbocycles. The zero-order chi connectivity index (χ0) is 14.8. The second-order valence-electron chi connectivity index (χ2n) is 4.63. The molecule has 0 N–H and O–H groups in total. The predicted octanol–water partition coefficient (Wildman–Crippen LogP) is 6.17. The molecule has 0 aromatic carbocycles. The Morgan fingerprint density at radius 2 is 1.89 bits per heavy atom. The van der Waals surface area contributed by atoms with Crippen LogP contribution in [-0.4, -0.2) is 0 Å². The van der Waals surface area contributed by atoms with Gasteiger partial charge in [0.15, 0.2) is 0 Å². The predicted molar refractivity (Wildman–Crippen MR) is 89.2 cm³/mol. The molecule has 0 spiro atoms. The van der Waals surface area contributed by atoms with Gasteiger partial charge < -0.3 is 0 Å². The van der Waals surface area contributed by atoms with Crippen molar-refractivity contribution in [2.75, 3.05) is 0 Å². The van der Waals surface area contributed by atoms with Crippen molar-refractivity contribution in [2.45, 2.75) is 40.5 Å². The van der Waals surface area contributed by atoms with Gasteiger partial charge in [-0.25, -0.2) is 0 Å². The van der Waals surface area contributed by atoms with Crippen LogP contribution in [-0.2, 0) is 0 Å². The summed E-state index contributed by atoms with van der Waals surface area (Å²) < 4.78 is 0. The van der Waals surface area contributed by atoms with Crippen LogP contribution < -0.4 is 0 Å². The smallest absolute Gasteiger partial charge is 0.00576 e. The SMILES string of the molecule is C=C/C=C\C(=C)C(C)C1=CC=C(C)CCC1=C.CC. The van der Waals surface area contributed by atoms with Crippen molar-refractivity contribution in [1.82, 2.24) is 0 Å². The fourth-order valence-electron chi connectivity index (χ4n) is 1.91. The maximum Gasteiger partial charge on any atom is 0.00576 e. The molecule has 0 nitrogen and oxygen atoms in total. The highest BCUT2D eigenvalue weighted by atomic mass is 14.2. The van der Waals surface area contributed by atoms with Gasteiger partial charge >= 0.3 is 0 Å². The molecule has 0 bridgehead atoms. The van der Waals surface area contributed by atoms with E-state index in [2.05, 4.69) is 45.7 Å². The van der Waals surface area contributed by atoms with E-state index in [1.54, 1.807) is 6.08 Å². The number of hydrogen-bond acceptors (Lipinski definition) is 0. The summed E-state index contributed by atoms with van der Waals surface area (Å²) in [6.07, 6.45) is 12.3. The Kier molecular flexibility index (Phi) is 8.61. The summed E-state index contributed by atoms with van der Waals surface area (Å²) in [5, 5.41) is 0. The largest absolute Gasteiger partial charge is 0.0991 e. The first-order chi connectivity index (χ1) is 9.06. The third kappa shape index (κ3) is 5.74. The Balaban J connectivity index is 0.00000154. The molecule has 0 amide bonds.